The number of ether oxygens (including phenoxy) is 2. The van der Waals surface area contributed by atoms with Gasteiger partial charge in [-0.2, -0.15) is 0 Å². The van der Waals surface area contributed by atoms with Crippen LogP contribution in [0.1, 0.15) is 5.56 Å². The van der Waals surface area contributed by atoms with Crippen LogP contribution in [0, 0.1) is 0 Å². The third-order valence-electron chi connectivity index (χ3n) is 2.67. The predicted octanol–water partition coefficient (Wildman–Crippen LogP) is 0.489. The van der Waals surface area contributed by atoms with E-state index in [1.165, 1.54) is 0 Å². The Balaban J connectivity index is 2.71. The van der Waals surface area contributed by atoms with Gasteiger partial charge in [-0.25, -0.2) is 0 Å². The minimum absolute atomic E-state index is 0.232. The standard InChI is InChI=1S/C13H21NO4/c1-14(8-11(16)9-15)7-10-4-5-12(17-2)6-13(10)18-3/h4-6,11,15-16H,7-9H2,1-3H3. The van der Waals surface area contributed by atoms with E-state index in [4.69, 9.17) is 14.6 Å². The van der Waals surface area contributed by atoms with Crippen molar-refractivity contribution >= 4 is 0 Å². The predicted molar refractivity (Wildman–Crippen MR) is 69.0 cm³/mol. The van der Waals surface area contributed by atoms with Crippen molar-refractivity contribution in [2.24, 2.45) is 0 Å². The van der Waals surface area contributed by atoms with Gasteiger partial charge in [-0.1, -0.05) is 6.07 Å². The molecule has 102 valence electrons. The lowest BCUT2D eigenvalue weighted by Gasteiger charge is -2.20. The second kappa shape index (κ2) is 7.20. The fourth-order valence-corrected chi connectivity index (χ4v) is 1.76. The topological polar surface area (TPSA) is 62.2 Å². The Hall–Kier alpha value is -1.30. The van der Waals surface area contributed by atoms with E-state index in [0.29, 0.717) is 13.1 Å². The van der Waals surface area contributed by atoms with Crippen molar-refractivity contribution in [3.63, 3.8) is 0 Å². The van der Waals surface area contributed by atoms with Crippen LogP contribution in [0.2, 0.25) is 0 Å². The fourth-order valence-electron chi connectivity index (χ4n) is 1.76. The second-order valence-corrected chi connectivity index (χ2v) is 4.21. The molecule has 0 radical (unpaired) electrons. The van der Waals surface area contributed by atoms with Crippen molar-refractivity contribution in [1.82, 2.24) is 4.90 Å². The van der Waals surface area contributed by atoms with Crippen molar-refractivity contribution in [3.8, 4) is 11.5 Å². The van der Waals surface area contributed by atoms with Crippen molar-refractivity contribution in [3.05, 3.63) is 23.8 Å². The van der Waals surface area contributed by atoms with E-state index in [1.807, 2.05) is 30.1 Å². The number of aliphatic hydroxyl groups is 2. The summed E-state index contributed by atoms with van der Waals surface area (Å²) < 4.78 is 10.4. The summed E-state index contributed by atoms with van der Waals surface area (Å²) in [4.78, 5) is 1.92. The molecule has 0 aliphatic rings. The zero-order valence-electron chi connectivity index (χ0n) is 11.1. The lowest BCUT2D eigenvalue weighted by atomic mass is 10.1. The highest BCUT2D eigenvalue weighted by molar-refractivity contribution is 5.40. The summed E-state index contributed by atoms with van der Waals surface area (Å²) >= 11 is 0. The third-order valence-corrected chi connectivity index (χ3v) is 2.67. The molecule has 0 fully saturated rings. The highest BCUT2D eigenvalue weighted by Crippen LogP contribution is 2.25. The van der Waals surface area contributed by atoms with Crippen LogP contribution in [0.25, 0.3) is 0 Å². The van der Waals surface area contributed by atoms with Gasteiger partial charge >= 0.3 is 0 Å². The number of hydrogen-bond acceptors (Lipinski definition) is 5. The average molecular weight is 255 g/mol. The van der Waals surface area contributed by atoms with E-state index < -0.39 is 6.10 Å². The zero-order chi connectivity index (χ0) is 13.5. The van der Waals surface area contributed by atoms with Gasteiger partial charge in [0, 0.05) is 24.7 Å². The summed E-state index contributed by atoms with van der Waals surface area (Å²) in [6.07, 6.45) is -0.723. The largest absolute Gasteiger partial charge is 0.497 e. The van der Waals surface area contributed by atoms with Crippen LogP contribution in [0.3, 0.4) is 0 Å². The first kappa shape index (κ1) is 14.8. The van der Waals surface area contributed by atoms with Crippen molar-refractivity contribution in [2.75, 3.05) is 34.4 Å². The van der Waals surface area contributed by atoms with Crippen LogP contribution in [-0.4, -0.2) is 55.6 Å². The number of nitrogens with zero attached hydrogens (tertiary/aromatic N) is 1. The van der Waals surface area contributed by atoms with Crippen LogP contribution in [-0.2, 0) is 6.54 Å². The van der Waals surface area contributed by atoms with Crippen LogP contribution in [0.15, 0.2) is 18.2 Å². The monoisotopic (exact) mass is 255 g/mol. The van der Waals surface area contributed by atoms with Gasteiger partial charge in [0.2, 0.25) is 0 Å². The first-order valence-electron chi connectivity index (χ1n) is 5.79. The van der Waals surface area contributed by atoms with E-state index in [2.05, 4.69) is 0 Å². The molecule has 1 atom stereocenters. The summed E-state index contributed by atoms with van der Waals surface area (Å²) in [7, 11) is 5.10. The summed E-state index contributed by atoms with van der Waals surface area (Å²) in [6.45, 7) is 0.806. The Morgan fingerprint density at radius 3 is 2.56 bits per heavy atom. The summed E-state index contributed by atoms with van der Waals surface area (Å²) in [5.41, 5.74) is 1.01. The number of methoxy groups -OCH3 is 2. The maximum Gasteiger partial charge on any atom is 0.127 e. The lowest BCUT2D eigenvalue weighted by molar-refractivity contribution is 0.0646. The quantitative estimate of drug-likeness (QED) is 0.742. The van der Waals surface area contributed by atoms with Gasteiger partial charge < -0.3 is 19.7 Å². The molecule has 18 heavy (non-hydrogen) atoms. The molecule has 0 bridgehead atoms. The highest BCUT2D eigenvalue weighted by atomic mass is 16.5. The molecule has 0 amide bonds. The molecule has 1 aromatic rings. The molecule has 0 aromatic heterocycles. The highest BCUT2D eigenvalue weighted by Gasteiger charge is 2.11. The van der Waals surface area contributed by atoms with Gasteiger partial charge in [0.1, 0.15) is 11.5 Å². The molecule has 0 saturated carbocycles. The van der Waals surface area contributed by atoms with E-state index in [-0.39, 0.29) is 6.61 Å². The molecule has 0 spiro atoms. The van der Waals surface area contributed by atoms with E-state index >= 15 is 0 Å². The van der Waals surface area contributed by atoms with Crippen LogP contribution in [0.5, 0.6) is 11.5 Å². The Bertz CT molecular complexity index is 370. The molecular weight excluding hydrogens is 234 g/mol. The molecule has 5 nitrogen and oxygen atoms in total. The SMILES string of the molecule is COc1ccc(CN(C)CC(O)CO)c(OC)c1. The molecule has 0 aliphatic heterocycles. The van der Waals surface area contributed by atoms with Gasteiger partial charge in [-0.3, -0.25) is 4.90 Å². The smallest absolute Gasteiger partial charge is 0.127 e. The average Bonchev–Trinajstić information content (AvgIpc) is 2.38. The molecular formula is C13H21NO4. The first-order chi connectivity index (χ1) is 8.60. The lowest BCUT2D eigenvalue weighted by Crippen LogP contribution is -2.31. The molecule has 0 aliphatic carbocycles. The van der Waals surface area contributed by atoms with Gasteiger partial charge in [0.05, 0.1) is 26.9 Å². The maximum absolute atomic E-state index is 9.37. The molecule has 2 N–H and O–H groups in total. The third kappa shape index (κ3) is 4.18. The van der Waals surface area contributed by atoms with Gasteiger partial charge in [0.25, 0.3) is 0 Å². The summed E-state index contributed by atoms with van der Waals surface area (Å²) in [5.74, 6) is 1.49. The second-order valence-electron chi connectivity index (χ2n) is 4.21. The van der Waals surface area contributed by atoms with E-state index in [0.717, 1.165) is 17.1 Å². The molecule has 1 rings (SSSR count). The first-order valence-corrected chi connectivity index (χ1v) is 5.79. The van der Waals surface area contributed by atoms with Crippen molar-refractivity contribution in [1.29, 1.82) is 0 Å². The van der Waals surface area contributed by atoms with Crippen molar-refractivity contribution < 1.29 is 19.7 Å². The Labute approximate surface area is 108 Å². The van der Waals surface area contributed by atoms with E-state index in [9.17, 15) is 5.11 Å². The Kier molecular flexibility index (Phi) is 5.91. The molecule has 0 heterocycles. The van der Waals surface area contributed by atoms with Gasteiger partial charge in [-0.15, -0.1) is 0 Å². The number of rotatable bonds is 7. The number of hydrogen-bond donors (Lipinski definition) is 2. The minimum atomic E-state index is -0.723. The van der Waals surface area contributed by atoms with Crippen molar-refractivity contribution in [2.45, 2.75) is 12.6 Å². The minimum Gasteiger partial charge on any atom is -0.497 e. The molecule has 1 aromatic carbocycles. The zero-order valence-corrected chi connectivity index (χ0v) is 11.1. The number of likely N-dealkylation sites (N-methyl/N-ethyl adjacent to an activating group) is 1. The fraction of sp³-hybridized carbons (Fsp3) is 0.538. The van der Waals surface area contributed by atoms with Crippen LogP contribution in [0.4, 0.5) is 0 Å². The normalized spacial score (nSPS) is 12.6. The Morgan fingerprint density at radius 1 is 1.28 bits per heavy atom. The summed E-state index contributed by atoms with van der Waals surface area (Å²) in [5, 5.41) is 18.2. The van der Waals surface area contributed by atoms with Gasteiger partial charge in [-0.05, 0) is 13.1 Å². The van der Waals surface area contributed by atoms with Gasteiger partial charge in [0.15, 0.2) is 0 Å². The maximum atomic E-state index is 9.37. The van der Waals surface area contributed by atoms with Crippen LogP contribution >= 0.6 is 0 Å². The molecule has 5 heteroatoms. The van der Waals surface area contributed by atoms with E-state index in [1.54, 1.807) is 14.2 Å². The Morgan fingerprint density at radius 2 is 2.00 bits per heavy atom. The summed E-state index contributed by atoms with van der Waals surface area (Å²) in [6, 6.07) is 5.62. The number of aliphatic hydroxyl groups excluding tert-OH is 2. The number of benzene rings is 1. The van der Waals surface area contributed by atoms with Crippen LogP contribution < -0.4 is 9.47 Å². The molecule has 1 unspecified atom stereocenters. The molecule has 0 saturated heterocycles.